The standard InChI is InChI=1S/C20H10Br3ClF3NO3/c21-9-5-12(18(29)15(23)6-9)19(30)28-10-1-4-17(16(24)7-10)31-11-2-3-14(22)13(8-11)20(25,26)27/h1-8,29H,(H,28,30). The average Bonchev–Trinajstić information content (AvgIpc) is 2.67. The first-order valence-electron chi connectivity index (χ1n) is 8.29. The van der Waals surface area contributed by atoms with Crippen molar-refractivity contribution in [2.24, 2.45) is 0 Å². The third-order valence-electron chi connectivity index (χ3n) is 3.93. The first-order chi connectivity index (χ1) is 14.5. The van der Waals surface area contributed by atoms with Crippen LogP contribution < -0.4 is 10.1 Å². The van der Waals surface area contributed by atoms with Crippen molar-refractivity contribution in [1.29, 1.82) is 0 Å². The van der Waals surface area contributed by atoms with Gasteiger partial charge in [0.15, 0.2) is 0 Å². The second kappa shape index (κ2) is 9.40. The van der Waals surface area contributed by atoms with Crippen molar-refractivity contribution >= 4 is 71.0 Å². The van der Waals surface area contributed by atoms with Crippen molar-refractivity contribution in [2.75, 3.05) is 5.32 Å². The number of carbonyl (C=O) groups is 1. The van der Waals surface area contributed by atoms with E-state index < -0.39 is 17.6 Å². The number of aromatic hydroxyl groups is 1. The monoisotopic (exact) mass is 641 g/mol. The summed E-state index contributed by atoms with van der Waals surface area (Å²) in [6.45, 7) is 0. The van der Waals surface area contributed by atoms with E-state index in [4.69, 9.17) is 16.3 Å². The Balaban J connectivity index is 1.81. The molecule has 0 aliphatic rings. The minimum atomic E-state index is -4.55. The molecule has 0 aliphatic heterocycles. The van der Waals surface area contributed by atoms with Crippen molar-refractivity contribution in [2.45, 2.75) is 6.18 Å². The summed E-state index contributed by atoms with van der Waals surface area (Å²) in [6.07, 6.45) is -4.55. The van der Waals surface area contributed by atoms with E-state index in [-0.39, 0.29) is 32.3 Å². The van der Waals surface area contributed by atoms with Crippen LogP contribution in [0, 0.1) is 0 Å². The van der Waals surface area contributed by atoms with Crippen LogP contribution in [-0.2, 0) is 6.18 Å². The number of carbonyl (C=O) groups excluding carboxylic acids is 1. The van der Waals surface area contributed by atoms with Crippen LogP contribution >= 0.6 is 59.4 Å². The predicted molar refractivity (Wildman–Crippen MR) is 122 cm³/mol. The molecule has 3 aromatic rings. The number of anilines is 1. The molecule has 3 rings (SSSR count). The van der Waals surface area contributed by atoms with Crippen LogP contribution in [0.5, 0.6) is 17.2 Å². The van der Waals surface area contributed by atoms with E-state index in [0.717, 1.165) is 6.07 Å². The highest BCUT2D eigenvalue weighted by Gasteiger charge is 2.33. The minimum absolute atomic E-state index is 0.0206. The Bertz CT molecular complexity index is 1170. The van der Waals surface area contributed by atoms with Gasteiger partial charge < -0.3 is 15.2 Å². The first-order valence-corrected chi connectivity index (χ1v) is 11.0. The maximum atomic E-state index is 13.1. The van der Waals surface area contributed by atoms with Gasteiger partial charge in [-0.1, -0.05) is 43.5 Å². The van der Waals surface area contributed by atoms with Gasteiger partial charge in [0.1, 0.15) is 17.2 Å². The largest absolute Gasteiger partial charge is 0.506 e. The van der Waals surface area contributed by atoms with Gasteiger partial charge in [-0.25, -0.2) is 0 Å². The number of halogens is 7. The smallest absolute Gasteiger partial charge is 0.417 e. The van der Waals surface area contributed by atoms with Gasteiger partial charge in [0.25, 0.3) is 5.91 Å². The van der Waals surface area contributed by atoms with E-state index >= 15 is 0 Å². The molecule has 0 radical (unpaired) electrons. The lowest BCUT2D eigenvalue weighted by Gasteiger charge is -2.14. The van der Waals surface area contributed by atoms with E-state index in [1.807, 2.05) is 0 Å². The summed E-state index contributed by atoms with van der Waals surface area (Å²) in [4.78, 5) is 12.5. The molecule has 0 heterocycles. The summed E-state index contributed by atoms with van der Waals surface area (Å²) in [6, 6.07) is 10.7. The quantitative estimate of drug-likeness (QED) is 0.300. The van der Waals surface area contributed by atoms with Crippen LogP contribution in [0.25, 0.3) is 0 Å². The number of alkyl halides is 3. The molecular formula is C20H10Br3ClF3NO3. The van der Waals surface area contributed by atoms with Crippen LogP contribution in [0.2, 0.25) is 5.02 Å². The normalized spacial score (nSPS) is 11.3. The number of amides is 1. The molecule has 31 heavy (non-hydrogen) atoms. The summed E-state index contributed by atoms with van der Waals surface area (Å²) in [5.74, 6) is -0.782. The molecule has 0 aromatic heterocycles. The lowest BCUT2D eigenvalue weighted by atomic mass is 10.2. The zero-order valence-electron chi connectivity index (χ0n) is 15.0. The molecule has 0 fully saturated rings. The molecule has 0 saturated heterocycles. The van der Waals surface area contributed by atoms with Gasteiger partial charge in [0.2, 0.25) is 0 Å². The lowest BCUT2D eigenvalue weighted by molar-refractivity contribution is -0.138. The minimum Gasteiger partial charge on any atom is -0.506 e. The second-order valence-electron chi connectivity index (χ2n) is 6.12. The maximum absolute atomic E-state index is 13.1. The zero-order chi connectivity index (χ0) is 22.9. The molecule has 162 valence electrons. The van der Waals surface area contributed by atoms with Gasteiger partial charge in [-0.2, -0.15) is 13.2 Å². The third-order valence-corrected chi connectivity index (χ3v) is 5.98. The fourth-order valence-corrected chi connectivity index (χ4v) is 4.43. The van der Waals surface area contributed by atoms with Gasteiger partial charge in [-0.15, -0.1) is 0 Å². The zero-order valence-corrected chi connectivity index (χ0v) is 20.5. The SMILES string of the molecule is O=C(Nc1ccc(Oc2ccc(Br)c(C(F)(F)F)c2)c(Cl)c1)c1cc(Br)cc(Br)c1O. The summed E-state index contributed by atoms with van der Waals surface area (Å²) < 4.78 is 45.5. The van der Waals surface area contributed by atoms with E-state index in [9.17, 15) is 23.1 Å². The second-order valence-corrected chi connectivity index (χ2v) is 9.16. The molecular weight excluding hydrogens is 634 g/mol. The molecule has 0 atom stereocenters. The Morgan fingerprint density at radius 1 is 1.00 bits per heavy atom. The van der Waals surface area contributed by atoms with E-state index in [1.54, 1.807) is 6.07 Å². The van der Waals surface area contributed by atoms with Crippen molar-refractivity contribution in [3.8, 4) is 17.2 Å². The number of phenols is 1. The van der Waals surface area contributed by atoms with E-state index in [2.05, 4.69) is 53.1 Å². The number of rotatable bonds is 4. The lowest BCUT2D eigenvalue weighted by Crippen LogP contribution is -2.12. The molecule has 0 saturated carbocycles. The Hall–Kier alpha value is -1.75. The van der Waals surface area contributed by atoms with Crippen molar-refractivity contribution in [3.63, 3.8) is 0 Å². The third kappa shape index (κ3) is 5.74. The van der Waals surface area contributed by atoms with Crippen LogP contribution in [-0.4, -0.2) is 11.0 Å². The van der Waals surface area contributed by atoms with Crippen LogP contribution in [0.15, 0.2) is 61.9 Å². The number of hydrogen-bond acceptors (Lipinski definition) is 3. The number of hydrogen-bond donors (Lipinski definition) is 2. The van der Waals surface area contributed by atoms with Crippen molar-refractivity contribution in [3.05, 3.63) is 78.1 Å². The molecule has 4 nitrogen and oxygen atoms in total. The Kier molecular flexibility index (Phi) is 7.25. The van der Waals surface area contributed by atoms with E-state index in [0.29, 0.717) is 14.6 Å². The van der Waals surface area contributed by atoms with Gasteiger partial charge in [0, 0.05) is 14.6 Å². The number of benzene rings is 3. The Morgan fingerprint density at radius 3 is 2.35 bits per heavy atom. The molecule has 0 bridgehead atoms. The van der Waals surface area contributed by atoms with Gasteiger partial charge in [-0.05, 0) is 64.5 Å². The molecule has 11 heteroatoms. The molecule has 0 unspecified atom stereocenters. The summed E-state index contributed by atoms with van der Waals surface area (Å²) in [7, 11) is 0. The molecule has 0 spiro atoms. The Morgan fingerprint density at radius 2 is 1.71 bits per heavy atom. The summed E-state index contributed by atoms with van der Waals surface area (Å²) in [5.41, 5.74) is -0.568. The van der Waals surface area contributed by atoms with Crippen LogP contribution in [0.3, 0.4) is 0 Å². The fraction of sp³-hybridized carbons (Fsp3) is 0.0500. The fourth-order valence-electron chi connectivity index (χ4n) is 2.51. The average molecular weight is 644 g/mol. The highest BCUT2D eigenvalue weighted by Crippen LogP contribution is 2.39. The Labute approximate surface area is 204 Å². The number of ether oxygens (including phenoxy) is 1. The number of phenolic OH excluding ortho intramolecular Hbond substituents is 1. The van der Waals surface area contributed by atoms with Crippen LogP contribution in [0.1, 0.15) is 15.9 Å². The highest BCUT2D eigenvalue weighted by molar-refractivity contribution is 9.11. The maximum Gasteiger partial charge on any atom is 0.417 e. The van der Waals surface area contributed by atoms with Gasteiger partial charge >= 0.3 is 6.18 Å². The summed E-state index contributed by atoms with van der Waals surface area (Å²) >= 11 is 15.4. The summed E-state index contributed by atoms with van der Waals surface area (Å²) in [5, 5.41) is 12.7. The molecule has 1 amide bonds. The van der Waals surface area contributed by atoms with Crippen molar-refractivity contribution in [1.82, 2.24) is 0 Å². The predicted octanol–water partition coefficient (Wildman–Crippen LogP) is 8.40. The van der Waals surface area contributed by atoms with Crippen LogP contribution in [0.4, 0.5) is 18.9 Å². The molecule has 0 aliphatic carbocycles. The van der Waals surface area contributed by atoms with Gasteiger partial charge in [0.05, 0.1) is 20.6 Å². The highest BCUT2D eigenvalue weighted by atomic mass is 79.9. The molecule has 2 N–H and O–H groups in total. The van der Waals surface area contributed by atoms with E-state index in [1.165, 1.54) is 36.4 Å². The first kappa shape index (κ1) is 23.9. The molecule has 3 aromatic carbocycles. The van der Waals surface area contributed by atoms with Gasteiger partial charge in [-0.3, -0.25) is 4.79 Å². The van der Waals surface area contributed by atoms with Crippen molar-refractivity contribution < 1.29 is 27.8 Å². The number of nitrogens with one attached hydrogen (secondary N) is 1. The topological polar surface area (TPSA) is 58.6 Å².